The van der Waals surface area contributed by atoms with E-state index in [1.165, 1.54) is 0 Å². The minimum Gasteiger partial charge on any atom is -0.345 e. The SMILES string of the molecule is O=C(Nc1cnccc1-c1ccccc1)c1c[nH]c2ncc(Br)cc12. The molecule has 1 amide bonds. The molecule has 1 aromatic carbocycles. The van der Waals surface area contributed by atoms with Crippen LogP contribution in [0.3, 0.4) is 0 Å². The van der Waals surface area contributed by atoms with Crippen LogP contribution in [0.5, 0.6) is 0 Å². The Labute approximate surface area is 152 Å². The van der Waals surface area contributed by atoms with Crippen molar-refractivity contribution in [1.29, 1.82) is 0 Å². The third-order valence-electron chi connectivity index (χ3n) is 3.90. The first kappa shape index (κ1) is 15.5. The summed E-state index contributed by atoms with van der Waals surface area (Å²) in [4.78, 5) is 24.2. The number of halogens is 1. The highest BCUT2D eigenvalue weighted by Gasteiger charge is 2.15. The summed E-state index contributed by atoms with van der Waals surface area (Å²) in [6.45, 7) is 0. The van der Waals surface area contributed by atoms with Gasteiger partial charge in [-0.25, -0.2) is 4.98 Å². The van der Waals surface area contributed by atoms with Crippen LogP contribution >= 0.6 is 15.9 Å². The molecule has 0 aliphatic rings. The summed E-state index contributed by atoms with van der Waals surface area (Å²) in [5.41, 5.74) is 3.80. The number of carbonyl (C=O) groups excluding carboxylic acids is 1. The molecule has 0 fully saturated rings. The lowest BCUT2D eigenvalue weighted by atomic mass is 10.1. The maximum Gasteiger partial charge on any atom is 0.257 e. The van der Waals surface area contributed by atoms with Crippen LogP contribution in [0.1, 0.15) is 10.4 Å². The lowest BCUT2D eigenvalue weighted by molar-refractivity contribution is 0.102. The molecule has 122 valence electrons. The minimum absolute atomic E-state index is 0.212. The van der Waals surface area contributed by atoms with Gasteiger partial charge < -0.3 is 10.3 Å². The quantitative estimate of drug-likeness (QED) is 0.533. The first-order valence-electron chi connectivity index (χ1n) is 7.66. The van der Waals surface area contributed by atoms with Crippen LogP contribution in [0.2, 0.25) is 0 Å². The standard InChI is InChI=1S/C19H13BrN4O/c20-13-8-15-16(10-23-18(15)22-9-13)19(25)24-17-11-21-7-6-14(17)12-4-2-1-3-5-12/h1-11H,(H,22,23)(H,24,25). The molecule has 4 rings (SSSR count). The molecule has 0 atom stereocenters. The van der Waals surface area contributed by atoms with Crippen molar-refractivity contribution in [3.63, 3.8) is 0 Å². The average molecular weight is 393 g/mol. The molecule has 0 spiro atoms. The van der Waals surface area contributed by atoms with Gasteiger partial charge in [-0.1, -0.05) is 30.3 Å². The zero-order valence-corrected chi connectivity index (χ0v) is 14.6. The van der Waals surface area contributed by atoms with E-state index in [-0.39, 0.29) is 5.91 Å². The van der Waals surface area contributed by atoms with Gasteiger partial charge in [0.1, 0.15) is 5.65 Å². The third kappa shape index (κ3) is 3.04. The highest BCUT2D eigenvalue weighted by atomic mass is 79.9. The fourth-order valence-corrected chi connectivity index (χ4v) is 3.05. The maximum absolute atomic E-state index is 12.8. The number of rotatable bonds is 3. The molecule has 5 nitrogen and oxygen atoms in total. The molecule has 0 saturated carbocycles. The number of H-pyrrole nitrogens is 1. The summed E-state index contributed by atoms with van der Waals surface area (Å²) in [7, 11) is 0. The van der Waals surface area contributed by atoms with Crippen LogP contribution in [0.4, 0.5) is 5.69 Å². The van der Waals surface area contributed by atoms with E-state index in [4.69, 9.17) is 0 Å². The van der Waals surface area contributed by atoms with E-state index in [2.05, 4.69) is 36.2 Å². The molecular formula is C19H13BrN4O. The van der Waals surface area contributed by atoms with Crippen molar-refractivity contribution in [2.75, 3.05) is 5.32 Å². The number of pyridine rings is 2. The Hall–Kier alpha value is -2.99. The van der Waals surface area contributed by atoms with Crippen LogP contribution in [0.15, 0.2) is 71.7 Å². The number of carbonyl (C=O) groups is 1. The Bertz CT molecular complexity index is 1060. The number of hydrogen-bond donors (Lipinski definition) is 2. The lowest BCUT2D eigenvalue weighted by Gasteiger charge is -2.10. The molecule has 4 aromatic rings. The molecular weight excluding hydrogens is 380 g/mol. The third-order valence-corrected chi connectivity index (χ3v) is 4.33. The number of nitrogens with one attached hydrogen (secondary N) is 2. The normalized spacial score (nSPS) is 10.8. The molecule has 0 aliphatic heterocycles. The van der Waals surface area contributed by atoms with Crippen LogP contribution < -0.4 is 5.32 Å². The highest BCUT2D eigenvalue weighted by Crippen LogP contribution is 2.28. The predicted molar refractivity (Wildman–Crippen MR) is 101 cm³/mol. The summed E-state index contributed by atoms with van der Waals surface area (Å²) >= 11 is 3.39. The van der Waals surface area contributed by atoms with Gasteiger partial charge in [0.05, 0.1) is 17.4 Å². The smallest absolute Gasteiger partial charge is 0.257 e. The number of fused-ring (bicyclic) bond motifs is 1. The number of hydrogen-bond acceptors (Lipinski definition) is 3. The number of nitrogens with zero attached hydrogens (tertiary/aromatic N) is 2. The second kappa shape index (κ2) is 6.49. The summed E-state index contributed by atoms with van der Waals surface area (Å²) < 4.78 is 0.819. The van der Waals surface area contributed by atoms with Crippen molar-refractivity contribution in [3.05, 3.63) is 77.3 Å². The van der Waals surface area contributed by atoms with E-state index in [0.717, 1.165) is 21.0 Å². The average Bonchev–Trinajstić information content (AvgIpc) is 3.06. The van der Waals surface area contributed by atoms with E-state index in [9.17, 15) is 4.79 Å². The van der Waals surface area contributed by atoms with E-state index in [1.807, 2.05) is 42.5 Å². The summed E-state index contributed by atoms with van der Waals surface area (Å²) in [5, 5.41) is 3.72. The van der Waals surface area contributed by atoms with Crippen LogP contribution in [0, 0.1) is 0 Å². The topological polar surface area (TPSA) is 70.7 Å². The molecule has 3 heterocycles. The van der Waals surface area contributed by atoms with Gasteiger partial charge in [-0.15, -0.1) is 0 Å². The van der Waals surface area contributed by atoms with Gasteiger partial charge in [0, 0.05) is 34.0 Å². The summed E-state index contributed by atoms with van der Waals surface area (Å²) in [6.07, 6.45) is 6.72. The van der Waals surface area contributed by atoms with Crippen molar-refractivity contribution in [3.8, 4) is 11.1 Å². The van der Waals surface area contributed by atoms with Gasteiger partial charge >= 0.3 is 0 Å². The fraction of sp³-hybridized carbons (Fsp3) is 0. The van der Waals surface area contributed by atoms with Gasteiger partial charge in [0.25, 0.3) is 5.91 Å². The van der Waals surface area contributed by atoms with Crippen molar-refractivity contribution >= 4 is 38.6 Å². The van der Waals surface area contributed by atoms with E-state index in [1.54, 1.807) is 24.8 Å². The summed E-state index contributed by atoms with van der Waals surface area (Å²) in [5.74, 6) is -0.212. The van der Waals surface area contributed by atoms with E-state index in [0.29, 0.717) is 16.9 Å². The van der Waals surface area contributed by atoms with Gasteiger partial charge in [-0.3, -0.25) is 9.78 Å². The lowest BCUT2D eigenvalue weighted by Crippen LogP contribution is -2.12. The number of amides is 1. The Morgan fingerprint density at radius 2 is 1.96 bits per heavy atom. The second-order valence-electron chi connectivity index (χ2n) is 5.49. The maximum atomic E-state index is 12.8. The predicted octanol–water partition coefficient (Wildman–Crippen LogP) is 4.64. The van der Waals surface area contributed by atoms with Gasteiger partial charge in [0.15, 0.2) is 0 Å². The molecule has 0 unspecified atom stereocenters. The summed E-state index contributed by atoms with van der Waals surface area (Å²) in [6, 6.07) is 13.6. The fourth-order valence-electron chi connectivity index (χ4n) is 2.72. The zero-order valence-electron chi connectivity index (χ0n) is 13.0. The van der Waals surface area contributed by atoms with Crippen LogP contribution in [-0.4, -0.2) is 20.9 Å². The highest BCUT2D eigenvalue weighted by molar-refractivity contribution is 9.10. The van der Waals surface area contributed by atoms with Crippen LogP contribution in [-0.2, 0) is 0 Å². The van der Waals surface area contributed by atoms with Gasteiger partial charge in [-0.2, -0.15) is 0 Å². The van der Waals surface area contributed by atoms with Gasteiger partial charge in [0.2, 0.25) is 0 Å². The Morgan fingerprint density at radius 3 is 2.80 bits per heavy atom. The number of aromatic amines is 1. The minimum atomic E-state index is -0.212. The van der Waals surface area contributed by atoms with Crippen molar-refractivity contribution in [1.82, 2.24) is 15.0 Å². The molecule has 0 radical (unpaired) electrons. The number of aromatic nitrogens is 3. The van der Waals surface area contributed by atoms with E-state index >= 15 is 0 Å². The monoisotopic (exact) mass is 392 g/mol. The second-order valence-corrected chi connectivity index (χ2v) is 6.41. The first-order chi connectivity index (χ1) is 12.2. The molecule has 6 heteroatoms. The molecule has 25 heavy (non-hydrogen) atoms. The Morgan fingerprint density at radius 1 is 1.12 bits per heavy atom. The van der Waals surface area contributed by atoms with Crippen molar-refractivity contribution < 1.29 is 4.79 Å². The van der Waals surface area contributed by atoms with Crippen molar-refractivity contribution in [2.24, 2.45) is 0 Å². The number of anilines is 1. The Balaban J connectivity index is 1.71. The zero-order chi connectivity index (χ0) is 17.2. The first-order valence-corrected chi connectivity index (χ1v) is 8.45. The van der Waals surface area contributed by atoms with E-state index < -0.39 is 0 Å². The molecule has 0 bridgehead atoms. The largest absolute Gasteiger partial charge is 0.345 e. The van der Waals surface area contributed by atoms with Crippen LogP contribution in [0.25, 0.3) is 22.2 Å². The molecule has 0 saturated heterocycles. The van der Waals surface area contributed by atoms with Crippen molar-refractivity contribution in [2.45, 2.75) is 0 Å². The molecule has 0 aliphatic carbocycles. The Kier molecular flexibility index (Phi) is 4.03. The molecule has 3 aromatic heterocycles. The van der Waals surface area contributed by atoms with Gasteiger partial charge in [-0.05, 0) is 33.6 Å². The number of benzene rings is 1. The molecule has 2 N–H and O–H groups in total.